The Balaban J connectivity index is 0.907. The van der Waals surface area contributed by atoms with Crippen LogP contribution in [-0.2, 0) is 10.8 Å². The minimum atomic E-state index is -0.543. The summed E-state index contributed by atoms with van der Waals surface area (Å²) in [4.78, 5) is 4.87. The summed E-state index contributed by atoms with van der Waals surface area (Å²) < 4.78 is 13.2. The third kappa shape index (κ3) is 6.95. The van der Waals surface area contributed by atoms with Gasteiger partial charge in [-0.1, -0.05) is 231 Å². The maximum atomic E-state index is 6.69. The molecular weight excluding hydrogens is 1020 g/mol. The van der Waals surface area contributed by atoms with Gasteiger partial charge in [-0.25, -0.2) is 0 Å². The van der Waals surface area contributed by atoms with Gasteiger partial charge in [-0.15, -0.1) is 0 Å². The molecular formula is C80H52N2O2. The van der Waals surface area contributed by atoms with E-state index in [1.54, 1.807) is 0 Å². The number of furan rings is 2. The van der Waals surface area contributed by atoms with E-state index in [1.807, 2.05) is 6.07 Å². The summed E-state index contributed by atoms with van der Waals surface area (Å²) in [5.41, 5.74) is 23.2. The molecule has 0 unspecified atom stereocenters. The molecule has 2 heterocycles. The molecule has 15 aromatic rings. The van der Waals surface area contributed by atoms with Crippen LogP contribution in [0.3, 0.4) is 0 Å². The van der Waals surface area contributed by atoms with Crippen LogP contribution in [0.1, 0.15) is 44.5 Å². The third-order valence-electron chi connectivity index (χ3n) is 18.0. The molecule has 0 saturated heterocycles. The Hall–Kier alpha value is -10.9. The lowest BCUT2D eigenvalue weighted by molar-refractivity contribution is 0.668. The largest absolute Gasteiger partial charge is 0.456 e. The molecule has 0 aliphatic heterocycles. The second kappa shape index (κ2) is 18.8. The Morgan fingerprint density at radius 1 is 0.226 bits per heavy atom. The molecule has 0 atom stereocenters. The van der Waals surface area contributed by atoms with Crippen molar-refractivity contribution in [3.63, 3.8) is 0 Å². The first-order chi connectivity index (χ1) is 41.7. The van der Waals surface area contributed by atoms with E-state index in [1.165, 1.54) is 66.8 Å². The summed E-state index contributed by atoms with van der Waals surface area (Å²) >= 11 is 0. The molecule has 0 radical (unpaired) electrons. The van der Waals surface area contributed by atoms with E-state index in [0.29, 0.717) is 0 Å². The Morgan fingerprint density at radius 2 is 0.607 bits per heavy atom. The number of para-hydroxylation sites is 2. The zero-order valence-corrected chi connectivity index (χ0v) is 45.7. The molecule has 13 aromatic carbocycles. The molecule has 2 aliphatic carbocycles. The van der Waals surface area contributed by atoms with Crippen molar-refractivity contribution in [3.05, 3.63) is 360 Å². The molecule has 0 amide bonds. The van der Waals surface area contributed by atoms with Crippen LogP contribution in [-0.4, -0.2) is 0 Å². The minimum Gasteiger partial charge on any atom is -0.456 e. The first-order valence-corrected chi connectivity index (χ1v) is 28.9. The number of fused-ring (bicyclic) bond motifs is 12. The number of anilines is 6. The fourth-order valence-corrected chi connectivity index (χ4v) is 14.6. The first kappa shape index (κ1) is 47.8. The Morgan fingerprint density at radius 3 is 1.18 bits per heavy atom. The average Bonchev–Trinajstić information content (AvgIpc) is 2.05. The topological polar surface area (TPSA) is 32.8 Å². The van der Waals surface area contributed by atoms with Crippen LogP contribution in [0.4, 0.5) is 34.1 Å². The van der Waals surface area contributed by atoms with E-state index in [0.717, 1.165) is 78.0 Å². The Kier molecular flexibility index (Phi) is 10.7. The van der Waals surface area contributed by atoms with Gasteiger partial charge in [0.1, 0.15) is 22.3 Å². The standard InChI is InChI=1S/C80H52N2O2/c1-5-23-53(24-6-1)79(54-25-7-2-8-26-54)69-37-17-13-33-62(69)66-50-59(43-46-71(66)79)81(60-45-48-76-68(52-60)64-35-15-19-40-74(64)83-76)57-31-21-32-58(49-57)82(73-39-22-42-77-78(73)65-36-16-20-41-75(65)84-77)61-44-47-72-67(51-61)63-34-14-18-38-70(63)80(72,55-27-9-3-10-28-55)56-29-11-4-12-30-56/h1-52H. The molecule has 4 nitrogen and oxygen atoms in total. The molecule has 0 saturated carbocycles. The number of benzene rings is 13. The van der Waals surface area contributed by atoms with E-state index in [2.05, 4.69) is 319 Å². The quantitative estimate of drug-likeness (QED) is 0.137. The van der Waals surface area contributed by atoms with Crippen LogP contribution in [0.15, 0.2) is 324 Å². The molecule has 17 rings (SSSR count). The summed E-state index contributed by atoms with van der Waals surface area (Å²) in [5, 5.41) is 4.25. The molecule has 4 heteroatoms. The van der Waals surface area contributed by atoms with Crippen molar-refractivity contribution >= 4 is 78.0 Å². The van der Waals surface area contributed by atoms with Gasteiger partial charge in [-0.3, -0.25) is 0 Å². The van der Waals surface area contributed by atoms with Crippen molar-refractivity contribution in [2.75, 3.05) is 9.80 Å². The predicted octanol–water partition coefficient (Wildman–Crippen LogP) is 21.2. The molecule has 2 aromatic heterocycles. The van der Waals surface area contributed by atoms with E-state index in [-0.39, 0.29) is 0 Å². The highest BCUT2D eigenvalue weighted by molar-refractivity contribution is 6.14. The fraction of sp³-hybridized carbons (Fsp3) is 0.0250. The maximum absolute atomic E-state index is 6.69. The monoisotopic (exact) mass is 1070 g/mol. The molecule has 0 N–H and O–H groups in total. The normalized spacial score (nSPS) is 13.4. The van der Waals surface area contributed by atoms with Gasteiger partial charge in [-0.05, 0) is 152 Å². The lowest BCUT2D eigenvalue weighted by Crippen LogP contribution is -2.28. The molecule has 394 valence electrons. The van der Waals surface area contributed by atoms with Crippen LogP contribution in [0.2, 0.25) is 0 Å². The van der Waals surface area contributed by atoms with Gasteiger partial charge in [0, 0.05) is 44.6 Å². The molecule has 0 fully saturated rings. The third-order valence-corrected chi connectivity index (χ3v) is 18.0. The summed E-state index contributed by atoms with van der Waals surface area (Å²) in [6, 6.07) is 115. The highest BCUT2D eigenvalue weighted by atomic mass is 16.3. The lowest BCUT2D eigenvalue weighted by Gasteiger charge is -2.34. The Labute approximate surface area is 487 Å². The van der Waals surface area contributed by atoms with Crippen LogP contribution in [0, 0.1) is 0 Å². The minimum absolute atomic E-state index is 0.538. The van der Waals surface area contributed by atoms with E-state index >= 15 is 0 Å². The second-order valence-electron chi connectivity index (χ2n) is 22.2. The molecule has 0 spiro atoms. The van der Waals surface area contributed by atoms with Crippen LogP contribution >= 0.6 is 0 Å². The zero-order valence-electron chi connectivity index (χ0n) is 45.7. The van der Waals surface area contributed by atoms with E-state index in [4.69, 9.17) is 8.83 Å². The smallest absolute Gasteiger partial charge is 0.137 e. The zero-order chi connectivity index (χ0) is 55.3. The van der Waals surface area contributed by atoms with Crippen LogP contribution < -0.4 is 9.80 Å². The molecule has 84 heavy (non-hydrogen) atoms. The highest BCUT2D eigenvalue weighted by Crippen LogP contribution is 2.60. The summed E-state index contributed by atoms with van der Waals surface area (Å²) in [6.45, 7) is 0. The fourth-order valence-electron chi connectivity index (χ4n) is 14.6. The van der Waals surface area contributed by atoms with E-state index < -0.39 is 10.8 Å². The Bertz CT molecular complexity index is 4960. The highest BCUT2D eigenvalue weighted by Gasteiger charge is 2.48. The molecule has 0 bridgehead atoms. The predicted molar refractivity (Wildman–Crippen MR) is 345 cm³/mol. The van der Waals surface area contributed by atoms with Gasteiger partial charge in [0.25, 0.3) is 0 Å². The van der Waals surface area contributed by atoms with E-state index in [9.17, 15) is 0 Å². The molecule has 2 aliphatic rings. The second-order valence-corrected chi connectivity index (χ2v) is 22.2. The van der Waals surface area contributed by atoms with Gasteiger partial charge >= 0.3 is 0 Å². The van der Waals surface area contributed by atoms with Crippen LogP contribution in [0.25, 0.3) is 66.1 Å². The van der Waals surface area contributed by atoms with Gasteiger partial charge in [0.15, 0.2) is 0 Å². The van der Waals surface area contributed by atoms with Gasteiger partial charge in [0.05, 0.1) is 21.9 Å². The number of rotatable bonds is 10. The van der Waals surface area contributed by atoms with Crippen molar-refractivity contribution < 1.29 is 8.83 Å². The number of nitrogens with zero attached hydrogens (tertiary/aromatic N) is 2. The van der Waals surface area contributed by atoms with Crippen molar-refractivity contribution in [1.82, 2.24) is 0 Å². The summed E-state index contributed by atoms with van der Waals surface area (Å²) in [5.74, 6) is 0. The van der Waals surface area contributed by atoms with Gasteiger partial charge in [0.2, 0.25) is 0 Å². The maximum Gasteiger partial charge on any atom is 0.137 e. The number of hydrogen-bond donors (Lipinski definition) is 0. The number of hydrogen-bond acceptors (Lipinski definition) is 4. The van der Waals surface area contributed by atoms with Gasteiger partial charge in [-0.2, -0.15) is 0 Å². The summed E-state index contributed by atoms with van der Waals surface area (Å²) in [7, 11) is 0. The average molecular weight is 1070 g/mol. The van der Waals surface area contributed by atoms with Crippen LogP contribution in [0.5, 0.6) is 0 Å². The van der Waals surface area contributed by atoms with Crippen molar-refractivity contribution in [2.45, 2.75) is 10.8 Å². The SMILES string of the molecule is c1ccc(C2(c3ccccc3)c3ccccc3-c3cc(N(c4cccc(N(c5ccc6c(c5)-c5ccccc5C6(c5ccccc5)c5ccccc5)c5cccc6oc7ccccc7c56)c4)c4ccc5oc6ccccc6c5c4)ccc32)cc1. The lowest BCUT2D eigenvalue weighted by atomic mass is 9.68. The van der Waals surface area contributed by atoms with Crippen molar-refractivity contribution in [2.24, 2.45) is 0 Å². The summed E-state index contributed by atoms with van der Waals surface area (Å²) in [6.07, 6.45) is 0. The van der Waals surface area contributed by atoms with Crippen molar-refractivity contribution in [1.29, 1.82) is 0 Å². The first-order valence-electron chi connectivity index (χ1n) is 28.9. The van der Waals surface area contributed by atoms with Gasteiger partial charge < -0.3 is 18.6 Å². The van der Waals surface area contributed by atoms with Crippen molar-refractivity contribution in [3.8, 4) is 22.3 Å².